The molecular weight excluding hydrogens is 615 g/mol. The van der Waals surface area contributed by atoms with Crippen molar-refractivity contribution in [2.24, 2.45) is 0 Å². The molecule has 2 atom stereocenters. The Kier molecular flexibility index (Phi) is 11.4. The lowest BCUT2D eigenvalue weighted by Gasteiger charge is -2.42. The fourth-order valence-electron chi connectivity index (χ4n) is 5.65. The monoisotopic (exact) mass is 653 g/mol. The van der Waals surface area contributed by atoms with Crippen molar-refractivity contribution < 1.29 is 17.9 Å². The summed E-state index contributed by atoms with van der Waals surface area (Å²) in [5.74, 6) is 6.11. The average molecular weight is 654 g/mol. The first-order chi connectivity index (χ1) is 23.3. The molecule has 0 aliphatic heterocycles. The van der Waals surface area contributed by atoms with Crippen molar-refractivity contribution in [3.05, 3.63) is 186 Å². The van der Waals surface area contributed by atoms with Gasteiger partial charge in [-0.05, 0) is 61.1 Å². The molecule has 1 unspecified atom stereocenters. The van der Waals surface area contributed by atoms with Crippen LogP contribution >= 0.6 is 0 Å². The summed E-state index contributed by atoms with van der Waals surface area (Å²) in [4.78, 5) is 14.2. The maximum absolute atomic E-state index is 14.7. The van der Waals surface area contributed by atoms with Crippen LogP contribution in [-0.2, 0) is 38.0 Å². The third-order valence-corrected chi connectivity index (χ3v) is 10.0. The Morgan fingerprint density at radius 3 is 1.92 bits per heavy atom. The van der Waals surface area contributed by atoms with Crippen molar-refractivity contribution in [1.82, 2.24) is 4.31 Å². The molecule has 5 rings (SSSR count). The molecule has 5 aromatic carbocycles. The fraction of sp³-hybridized carbons (Fsp3) is 0.167. The molecule has 0 heterocycles. The van der Waals surface area contributed by atoms with Gasteiger partial charge in [-0.25, -0.2) is 8.42 Å². The van der Waals surface area contributed by atoms with E-state index in [9.17, 15) is 13.2 Å². The molecule has 0 bridgehead atoms. The molecule has 6 heteroatoms. The van der Waals surface area contributed by atoms with E-state index < -0.39 is 27.6 Å². The van der Waals surface area contributed by atoms with Crippen LogP contribution in [0.4, 0.5) is 0 Å². The van der Waals surface area contributed by atoms with E-state index in [0.29, 0.717) is 17.5 Å². The lowest BCUT2D eigenvalue weighted by Crippen LogP contribution is -2.55. The normalized spacial score (nSPS) is 13.0. The molecule has 0 aliphatic rings. The number of carbonyl (C=O) groups is 1. The molecule has 0 radical (unpaired) electrons. The minimum Gasteiger partial charge on any atom is -0.440 e. The van der Waals surface area contributed by atoms with Crippen LogP contribution in [-0.4, -0.2) is 31.3 Å². The third-order valence-electron chi connectivity index (χ3n) is 8.13. The summed E-state index contributed by atoms with van der Waals surface area (Å²) in [5.41, 5.74) is 2.33. The molecule has 242 valence electrons. The Balaban J connectivity index is 1.75. The molecule has 0 saturated carbocycles. The van der Waals surface area contributed by atoms with Crippen molar-refractivity contribution in [2.45, 2.75) is 42.7 Å². The van der Waals surface area contributed by atoms with E-state index in [4.69, 9.17) is 4.74 Å². The Bertz CT molecular complexity index is 1950. The van der Waals surface area contributed by atoms with E-state index in [1.807, 2.05) is 128 Å². The number of ether oxygens (including phenoxy) is 1. The number of rotatable bonds is 13. The smallest absolute Gasteiger partial charge is 0.307 e. The van der Waals surface area contributed by atoms with Crippen molar-refractivity contribution >= 4 is 16.0 Å². The van der Waals surface area contributed by atoms with Crippen molar-refractivity contribution in [2.75, 3.05) is 6.54 Å². The molecule has 48 heavy (non-hydrogen) atoms. The molecular formula is C42H39NO4S. The SMILES string of the molecule is C=CCN([C@@H](Cc1ccccc1)C(C#Cc1ccccc1)(OC(=O)CCc1ccccc1)c1ccccc1)S(=O)(=O)c1ccc(C)cc1. The van der Waals surface area contributed by atoms with E-state index in [2.05, 4.69) is 18.4 Å². The lowest BCUT2D eigenvalue weighted by atomic mass is 9.82. The number of nitrogens with zero attached hydrogens (tertiary/aromatic N) is 1. The van der Waals surface area contributed by atoms with Crippen LogP contribution in [0.15, 0.2) is 163 Å². The zero-order valence-electron chi connectivity index (χ0n) is 27.0. The molecule has 0 spiro atoms. The van der Waals surface area contributed by atoms with Crippen molar-refractivity contribution in [3.63, 3.8) is 0 Å². The van der Waals surface area contributed by atoms with Crippen LogP contribution in [0.3, 0.4) is 0 Å². The Morgan fingerprint density at radius 1 is 0.792 bits per heavy atom. The first-order valence-corrected chi connectivity index (χ1v) is 17.4. The zero-order valence-corrected chi connectivity index (χ0v) is 27.9. The van der Waals surface area contributed by atoms with Crippen molar-refractivity contribution in [1.29, 1.82) is 0 Å². The maximum Gasteiger partial charge on any atom is 0.307 e. The van der Waals surface area contributed by atoms with Gasteiger partial charge in [-0.3, -0.25) is 4.79 Å². The average Bonchev–Trinajstić information content (AvgIpc) is 3.12. The Morgan fingerprint density at radius 2 is 1.33 bits per heavy atom. The first kappa shape index (κ1) is 34.1. The predicted molar refractivity (Wildman–Crippen MR) is 191 cm³/mol. The van der Waals surface area contributed by atoms with Gasteiger partial charge in [0.1, 0.15) is 0 Å². The molecule has 0 fully saturated rings. The second-order valence-electron chi connectivity index (χ2n) is 11.6. The van der Waals surface area contributed by atoms with Gasteiger partial charge < -0.3 is 4.74 Å². The van der Waals surface area contributed by atoms with Crippen LogP contribution < -0.4 is 0 Å². The van der Waals surface area contributed by atoms with Gasteiger partial charge >= 0.3 is 5.97 Å². The van der Waals surface area contributed by atoms with Gasteiger partial charge in [-0.2, -0.15) is 4.31 Å². The summed E-state index contributed by atoms with van der Waals surface area (Å²) in [5, 5.41) is 0. The fourth-order valence-corrected chi connectivity index (χ4v) is 7.26. The molecule has 0 N–H and O–H groups in total. The minimum absolute atomic E-state index is 0.0448. The zero-order chi connectivity index (χ0) is 33.8. The number of hydrogen-bond acceptors (Lipinski definition) is 4. The lowest BCUT2D eigenvalue weighted by molar-refractivity contribution is -0.159. The number of esters is 1. The van der Waals surface area contributed by atoms with Crippen LogP contribution in [0, 0.1) is 18.8 Å². The van der Waals surface area contributed by atoms with Gasteiger partial charge in [0, 0.05) is 24.1 Å². The third kappa shape index (κ3) is 8.38. The van der Waals surface area contributed by atoms with Gasteiger partial charge in [0.15, 0.2) is 0 Å². The molecule has 0 saturated heterocycles. The van der Waals surface area contributed by atoms with Crippen LogP contribution in [0.2, 0.25) is 0 Å². The number of benzene rings is 5. The summed E-state index contributed by atoms with van der Waals surface area (Å²) in [6.07, 6.45) is 2.29. The highest BCUT2D eigenvalue weighted by Crippen LogP contribution is 2.38. The number of hydrogen-bond donors (Lipinski definition) is 0. The van der Waals surface area contributed by atoms with E-state index in [-0.39, 0.29) is 24.3 Å². The quantitative estimate of drug-likeness (QED) is 0.0736. The van der Waals surface area contributed by atoms with Gasteiger partial charge in [-0.15, -0.1) is 6.58 Å². The molecule has 0 amide bonds. The largest absolute Gasteiger partial charge is 0.440 e. The maximum atomic E-state index is 14.7. The van der Waals surface area contributed by atoms with E-state index in [1.165, 1.54) is 4.31 Å². The second kappa shape index (κ2) is 16.1. The van der Waals surface area contributed by atoms with Gasteiger partial charge in [0.25, 0.3) is 0 Å². The van der Waals surface area contributed by atoms with Gasteiger partial charge in [0.05, 0.1) is 10.9 Å². The summed E-state index contributed by atoms with van der Waals surface area (Å²) < 4.78 is 37.4. The van der Waals surface area contributed by atoms with E-state index >= 15 is 0 Å². The van der Waals surface area contributed by atoms with E-state index in [0.717, 1.165) is 16.7 Å². The number of carbonyl (C=O) groups excluding carboxylic acids is 1. The Hall–Kier alpha value is -5.22. The van der Waals surface area contributed by atoms with Crippen LogP contribution in [0.5, 0.6) is 0 Å². The highest BCUT2D eigenvalue weighted by atomic mass is 32.2. The highest BCUT2D eigenvalue weighted by molar-refractivity contribution is 7.89. The molecule has 5 aromatic rings. The van der Waals surface area contributed by atoms with Crippen LogP contribution in [0.1, 0.15) is 34.2 Å². The predicted octanol–water partition coefficient (Wildman–Crippen LogP) is 7.91. The first-order valence-electron chi connectivity index (χ1n) is 15.9. The standard InChI is InChI=1S/C42H39NO4S/c1-3-32-43(48(45,46)39-27-24-34(2)25-28-39)40(33-37-20-12-6-13-21-37)42(38-22-14-7-15-23-38,31-30-36-18-10-5-11-19-36)47-41(44)29-26-35-16-8-4-9-17-35/h3-25,27-28,40H,1,26,29,32-33H2,2H3/t40-,42?/m0/s1. The second-order valence-corrected chi connectivity index (χ2v) is 13.4. The van der Waals surface area contributed by atoms with Gasteiger partial charge in [-0.1, -0.05) is 139 Å². The van der Waals surface area contributed by atoms with Gasteiger partial charge in [0.2, 0.25) is 15.6 Å². The number of sulfonamides is 1. The summed E-state index contributed by atoms with van der Waals surface area (Å²) in [6.45, 7) is 5.80. The van der Waals surface area contributed by atoms with Crippen LogP contribution in [0.25, 0.3) is 0 Å². The Labute approximate surface area is 284 Å². The molecule has 5 nitrogen and oxygen atoms in total. The van der Waals surface area contributed by atoms with Crippen molar-refractivity contribution in [3.8, 4) is 11.8 Å². The minimum atomic E-state index is -4.16. The number of aryl methyl sites for hydroxylation is 2. The summed E-state index contributed by atoms with van der Waals surface area (Å²) in [7, 11) is -4.16. The molecule has 0 aromatic heterocycles. The highest BCUT2D eigenvalue weighted by Gasteiger charge is 2.49. The van der Waals surface area contributed by atoms with E-state index in [1.54, 1.807) is 30.3 Å². The summed E-state index contributed by atoms with van der Waals surface area (Å²) in [6, 6.07) is 43.7. The summed E-state index contributed by atoms with van der Waals surface area (Å²) >= 11 is 0. The topological polar surface area (TPSA) is 63.7 Å². The molecule has 0 aliphatic carbocycles.